The molecular weight excluding hydrogens is 496 g/mol. The van der Waals surface area contributed by atoms with E-state index in [0.717, 1.165) is 54.7 Å². The Hall–Kier alpha value is -1.27. The van der Waals surface area contributed by atoms with E-state index in [4.69, 9.17) is 65.5 Å². The zero-order valence-corrected chi connectivity index (χ0v) is 21.8. The lowest BCUT2D eigenvalue weighted by Gasteiger charge is -2.17. The average molecular weight is 527 g/mol. The minimum Gasteiger partial charge on any atom is -0.493 e. The van der Waals surface area contributed by atoms with Crippen molar-refractivity contribution in [2.45, 2.75) is 52.9 Å². The fourth-order valence-corrected chi connectivity index (χ4v) is 3.00. The van der Waals surface area contributed by atoms with E-state index in [1.54, 1.807) is 13.0 Å². The second-order valence-corrected chi connectivity index (χ2v) is 8.76. The SMILES string of the molecule is CCc1cc(OCC=C(Cl)Cl)cc(CC)c1OCCCCCOC(C)=NOCC=C(Cl)Cl. The summed E-state index contributed by atoms with van der Waals surface area (Å²) in [5.41, 5.74) is 2.25. The molecule has 0 aliphatic rings. The van der Waals surface area contributed by atoms with Crippen LogP contribution in [0.5, 0.6) is 11.5 Å². The van der Waals surface area contributed by atoms with Crippen LogP contribution >= 0.6 is 46.4 Å². The fourth-order valence-electron chi connectivity index (χ4n) is 2.75. The highest BCUT2D eigenvalue weighted by Crippen LogP contribution is 2.31. The summed E-state index contributed by atoms with van der Waals surface area (Å²) in [4.78, 5) is 5.01. The van der Waals surface area contributed by atoms with E-state index in [0.29, 0.717) is 25.7 Å². The summed E-state index contributed by atoms with van der Waals surface area (Å²) in [6.45, 7) is 7.68. The largest absolute Gasteiger partial charge is 0.493 e. The molecule has 0 heterocycles. The molecule has 1 aromatic rings. The maximum absolute atomic E-state index is 6.14. The van der Waals surface area contributed by atoms with Crippen molar-refractivity contribution in [1.82, 2.24) is 0 Å². The van der Waals surface area contributed by atoms with Crippen LogP contribution in [0.15, 0.2) is 38.4 Å². The van der Waals surface area contributed by atoms with Gasteiger partial charge in [-0.1, -0.05) is 65.4 Å². The molecule has 0 radical (unpaired) electrons. The molecule has 0 unspecified atom stereocenters. The lowest BCUT2D eigenvalue weighted by molar-refractivity contribution is 0.157. The normalized spacial score (nSPS) is 11.0. The first-order chi connectivity index (χ1) is 15.4. The number of rotatable bonds is 15. The number of benzene rings is 1. The Morgan fingerprint density at radius 2 is 1.44 bits per heavy atom. The smallest absolute Gasteiger partial charge is 0.222 e. The number of aryl methyl sites for hydroxylation is 2. The molecule has 9 heteroatoms. The minimum atomic E-state index is 0.146. The number of ether oxygens (including phenoxy) is 3. The third-order valence-corrected chi connectivity index (χ3v) is 4.93. The predicted octanol–water partition coefficient (Wildman–Crippen LogP) is 7.74. The Morgan fingerprint density at radius 3 is 2.03 bits per heavy atom. The molecule has 0 fully saturated rings. The summed E-state index contributed by atoms with van der Waals surface area (Å²) >= 11 is 22.2. The van der Waals surface area contributed by atoms with Crippen molar-refractivity contribution < 1.29 is 19.0 Å². The summed E-state index contributed by atoms with van der Waals surface area (Å²) in [6, 6.07) is 4.03. The van der Waals surface area contributed by atoms with Crippen LogP contribution in [0.2, 0.25) is 0 Å². The van der Waals surface area contributed by atoms with Crippen molar-refractivity contribution in [2.24, 2.45) is 5.16 Å². The maximum Gasteiger partial charge on any atom is 0.222 e. The highest BCUT2D eigenvalue weighted by atomic mass is 35.5. The van der Waals surface area contributed by atoms with Gasteiger partial charge in [-0.3, -0.25) is 0 Å². The fraction of sp³-hybridized carbons (Fsp3) is 0.522. The zero-order valence-electron chi connectivity index (χ0n) is 18.8. The van der Waals surface area contributed by atoms with Gasteiger partial charge in [0.1, 0.15) is 33.7 Å². The molecule has 0 bridgehead atoms. The van der Waals surface area contributed by atoms with E-state index >= 15 is 0 Å². The Bertz CT molecular complexity index is 748. The number of unbranched alkanes of at least 4 members (excludes halogenated alkanes) is 2. The standard InChI is InChI=1S/C23H31Cl4NO4/c1-4-18-15-20(30-13-9-21(24)25)16-19(5-2)23(18)31-12-8-6-7-11-29-17(3)28-32-14-10-22(26)27/h9-10,15-16H,4-8,11-14H2,1-3H3. The molecule has 5 nitrogen and oxygen atoms in total. The van der Waals surface area contributed by atoms with Crippen LogP contribution in [0, 0.1) is 0 Å². The van der Waals surface area contributed by atoms with Crippen LogP contribution in [-0.4, -0.2) is 32.3 Å². The molecule has 0 saturated carbocycles. The number of oxime groups is 1. The molecule has 0 aromatic heterocycles. The number of hydrogen-bond donors (Lipinski definition) is 0. The van der Waals surface area contributed by atoms with Crippen LogP contribution < -0.4 is 9.47 Å². The molecule has 0 N–H and O–H groups in total. The van der Waals surface area contributed by atoms with Gasteiger partial charge in [-0.2, -0.15) is 0 Å². The van der Waals surface area contributed by atoms with Gasteiger partial charge in [-0.25, -0.2) is 0 Å². The Kier molecular flexibility index (Phi) is 15.5. The minimum absolute atomic E-state index is 0.146. The second kappa shape index (κ2) is 17.2. The number of halogens is 4. The molecule has 32 heavy (non-hydrogen) atoms. The molecular formula is C23H31Cl4NO4. The number of hydrogen-bond acceptors (Lipinski definition) is 5. The van der Waals surface area contributed by atoms with Gasteiger partial charge in [0.25, 0.3) is 0 Å². The average Bonchev–Trinajstić information content (AvgIpc) is 2.75. The van der Waals surface area contributed by atoms with Crippen molar-refractivity contribution in [2.75, 3.05) is 26.4 Å². The van der Waals surface area contributed by atoms with Gasteiger partial charge in [0, 0.05) is 6.92 Å². The van der Waals surface area contributed by atoms with E-state index < -0.39 is 0 Å². The van der Waals surface area contributed by atoms with Gasteiger partial charge in [-0.15, -0.1) is 0 Å². The number of nitrogens with zero attached hydrogens (tertiary/aromatic N) is 1. The topological polar surface area (TPSA) is 49.3 Å². The lowest BCUT2D eigenvalue weighted by atomic mass is 10.0. The van der Waals surface area contributed by atoms with Crippen LogP contribution in [0.1, 0.15) is 51.2 Å². The Labute approximate surface area is 211 Å². The first-order valence-electron chi connectivity index (χ1n) is 10.6. The summed E-state index contributed by atoms with van der Waals surface area (Å²) in [6.07, 6.45) is 7.63. The van der Waals surface area contributed by atoms with Gasteiger partial charge in [-0.05, 0) is 67.5 Å². The summed E-state index contributed by atoms with van der Waals surface area (Å²) in [5.74, 6) is 2.21. The molecule has 1 rings (SSSR count). The van der Waals surface area contributed by atoms with E-state index in [1.165, 1.54) is 6.08 Å². The van der Waals surface area contributed by atoms with E-state index in [1.807, 2.05) is 12.1 Å². The first-order valence-corrected chi connectivity index (χ1v) is 12.1. The van der Waals surface area contributed by atoms with Gasteiger partial charge in [0.15, 0.2) is 0 Å². The molecule has 0 atom stereocenters. The summed E-state index contributed by atoms with van der Waals surface area (Å²) < 4.78 is 17.7. The maximum atomic E-state index is 6.14. The molecule has 1 aromatic carbocycles. The van der Waals surface area contributed by atoms with Crippen molar-refractivity contribution in [1.29, 1.82) is 0 Å². The van der Waals surface area contributed by atoms with Crippen molar-refractivity contribution in [3.8, 4) is 11.5 Å². The molecule has 0 spiro atoms. The molecule has 0 amide bonds. The summed E-state index contributed by atoms with van der Waals surface area (Å²) in [7, 11) is 0. The van der Waals surface area contributed by atoms with Crippen molar-refractivity contribution in [3.05, 3.63) is 44.4 Å². The third-order valence-electron chi connectivity index (χ3n) is 4.32. The highest BCUT2D eigenvalue weighted by Gasteiger charge is 2.11. The quantitative estimate of drug-likeness (QED) is 0.101. The predicted molar refractivity (Wildman–Crippen MR) is 135 cm³/mol. The third kappa shape index (κ3) is 12.7. The molecule has 0 aliphatic heterocycles. The van der Waals surface area contributed by atoms with Gasteiger partial charge in [0.05, 0.1) is 13.2 Å². The van der Waals surface area contributed by atoms with E-state index in [9.17, 15) is 0 Å². The molecule has 0 saturated heterocycles. The van der Waals surface area contributed by atoms with E-state index in [2.05, 4.69) is 19.0 Å². The van der Waals surface area contributed by atoms with Crippen molar-refractivity contribution in [3.63, 3.8) is 0 Å². The van der Waals surface area contributed by atoms with Crippen LogP contribution in [0.25, 0.3) is 0 Å². The second-order valence-electron chi connectivity index (χ2n) is 6.74. The lowest BCUT2D eigenvalue weighted by Crippen LogP contribution is -2.06. The first kappa shape index (κ1) is 28.8. The van der Waals surface area contributed by atoms with Gasteiger partial charge < -0.3 is 19.0 Å². The van der Waals surface area contributed by atoms with Gasteiger partial charge >= 0.3 is 0 Å². The Balaban J connectivity index is 2.41. The monoisotopic (exact) mass is 525 g/mol. The van der Waals surface area contributed by atoms with E-state index in [-0.39, 0.29) is 15.6 Å². The molecule has 180 valence electrons. The van der Waals surface area contributed by atoms with Gasteiger partial charge in [0.2, 0.25) is 5.90 Å². The van der Waals surface area contributed by atoms with Crippen LogP contribution in [-0.2, 0) is 22.4 Å². The summed E-state index contributed by atoms with van der Waals surface area (Å²) in [5, 5.41) is 3.82. The Morgan fingerprint density at radius 1 is 0.844 bits per heavy atom. The van der Waals surface area contributed by atoms with Crippen LogP contribution in [0.3, 0.4) is 0 Å². The van der Waals surface area contributed by atoms with Crippen molar-refractivity contribution >= 4 is 52.3 Å². The van der Waals surface area contributed by atoms with Crippen LogP contribution in [0.4, 0.5) is 0 Å². The zero-order chi connectivity index (χ0) is 23.8. The molecule has 0 aliphatic carbocycles. The highest BCUT2D eigenvalue weighted by molar-refractivity contribution is 6.56.